The molecule has 1 aromatic rings. The fourth-order valence-electron chi connectivity index (χ4n) is 2.18. The van der Waals surface area contributed by atoms with Gasteiger partial charge in [0.15, 0.2) is 0 Å². The van der Waals surface area contributed by atoms with Crippen LogP contribution in [0.5, 0.6) is 5.75 Å². The molecule has 0 saturated heterocycles. The monoisotopic (exact) mass is 230 g/mol. The lowest BCUT2D eigenvalue weighted by Crippen LogP contribution is -2.18. The van der Waals surface area contributed by atoms with Crippen LogP contribution in [0.25, 0.3) is 0 Å². The molecule has 0 spiro atoms. The molecule has 0 heterocycles. The van der Waals surface area contributed by atoms with Crippen molar-refractivity contribution in [3.8, 4) is 5.75 Å². The van der Waals surface area contributed by atoms with Crippen molar-refractivity contribution in [3.63, 3.8) is 0 Å². The predicted octanol–water partition coefficient (Wildman–Crippen LogP) is 3.65. The van der Waals surface area contributed by atoms with Crippen LogP contribution in [-0.2, 0) is 6.42 Å². The normalized spacial score (nSPS) is 23.5. The topological polar surface area (TPSA) is 40.5 Å². The number of aromatic hydroxyl groups is 1. The minimum atomic E-state index is -0.0303. The smallest absolute Gasteiger partial charge is 0.118 e. The first-order valence-electron chi connectivity index (χ1n) is 5.85. The van der Waals surface area contributed by atoms with Gasteiger partial charge in [-0.25, -0.2) is 0 Å². The second-order valence-electron chi connectivity index (χ2n) is 5.13. The standard InChI is InChI=1S/C15H18O2/c1-11-3-4-14(17)12(9-11)10-15(2)7-5-13(16)6-8-15/h3-7,9,16-17H,8,10H2,1-2H3. The lowest BCUT2D eigenvalue weighted by Gasteiger charge is -2.27. The number of aryl methyl sites for hydroxylation is 1. The van der Waals surface area contributed by atoms with Crippen LogP contribution in [0.15, 0.2) is 42.2 Å². The molecule has 0 fully saturated rings. The van der Waals surface area contributed by atoms with Gasteiger partial charge in [0, 0.05) is 0 Å². The second-order valence-corrected chi connectivity index (χ2v) is 5.13. The minimum Gasteiger partial charge on any atom is -0.508 e. The zero-order valence-electron chi connectivity index (χ0n) is 10.3. The van der Waals surface area contributed by atoms with Gasteiger partial charge >= 0.3 is 0 Å². The average Bonchev–Trinajstić information content (AvgIpc) is 2.28. The second kappa shape index (κ2) is 4.28. The van der Waals surface area contributed by atoms with Gasteiger partial charge in [-0.15, -0.1) is 0 Å². The SMILES string of the molecule is Cc1ccc(O)c(CC2(C)C=CC(O)=CC2)c1. The van der Waals surface area contributed by atoms with E-state index < -0.39 is 0 Å². The summed E-state index contributed by atoms with van der Waals surface area (Å²) in [4.78, 5) is 0. The van der Waals surface area contributed by atoms with Crippen LogP contribution in [0, 0.1) is 12.3 Å². The maximum absolute atomic E-state index is 9.84. The van der Waals surface area contributed by atoms with Gasteiger partial charge < -0.3 is 10.2 Å². The highest BCUT2D eigenvalue weighted by atomic mass is 16.3. The molecule has 0 saturated carbocycles. The van der Waals surface area contributed by atoms with Crippen molar-refractivity contribution in [2.45, 2.75) is 26.7 Å². The molecule has 1 aromatic carbocycles. The molecular weight excluding hydrogens is 212 g/mol. The molecule has 90 valence electrons. The fraction of sp³-hybridized carbons (Fsp3) is 0.333. The molecule has 0 aliphatic heterocycles. The summed E-state index contributed by atoms with van der Waals surface area (Å²) in [5.41, 5.74) is 2.09. The van der Waals surface area contributed by atoms with Gasteiger partial charge in [0.2, 0.25) is 0 Å². The Bertz CT molecular complexity index is 486. The third-order valence-corrected chi connectivity index (χ3v) is 3.26. The number of allylic oxidation sites excluding steroid dienone is 3. The molecule has 0 bridgehead atoms. The zero-order chi connectivity index (χ0) is 12.5. The first-order chi connectivity index (χ1) is 7.98. The number of rotatable bonds is 2. The third kappa shape index (κ3) is 2.70. The van der Waals surface area contributed by atoms with Crippen LogP contribution in [0.4, 0.5) is 0 Å². The summed E-state index contributed by atoms with van der Waals surface area (Å²) in [7, 11) is 0. The number of phenolic OH excluding ortho intramolecular Hbond substituents is 1. The minimum absolute atomic E-state index is 0.0303. The predicted molar refractivity (Wildman–Crippen MR) is 69.1 cm³/mol. The van der Waals surface area contributed by atoms with E-state index in [-0.39, 0.29) is 5.41 Å². The Balaban J connectivity index is 2.21. The van der Waals surface area contributed by atoms with Gasteiger partial charge in [0.05, 0.1) is 0 Å². The number of aliphatic hydroxyl groups excluding tert-OH is 1. The Morgan fingerprint density at radius 1 is 1.29 bits per heavy atom. The number of hydrogen-bond donors (Lipinski definition) is 2. The highest BCUT2D eigenvalue weighted by Gasteiger charge is 2.24. The van der Waals surface area contributed by atoms with Gasteiger partial charge in [-0.2, -0.15) is 0 Å². The van der Waals surface area contributed by atoms with Crippen molar-refractivity contribution in [2.75, 3.05) is 0 Å². The summed E-state index contributed by atoms with van der Waals surface area (Å²) in [5, 5.41) is 19.2. The Kier molecular flexibility index (Phi) is 2.97. The molecule has 0 radical (unpaired) electrons. The number of aliphatic hydroxyl groups is 1. The molecule has 2 N–H and O–H groups in total. The molecule has 2 nitrogen and oxygen atoms in total. The van der Waals surface area contributed by atoms with Crippen LogP contribution in [-0.4, -0.2) is 10.2 Å². The van der Waals surface area contributed by atoms with Crippen molar-refractivity contribution in [2.24, 2.45) is 5.41 Å². The van der Waals surface area contributed by atoms with Crippen molar-refractivity contribution in [1.82, 2.24) is 0 Å². The van der Waals surface area contributed by atoms with Gasteiger partial charge in [0.1, 0.15) is 11.5 Å². The Hall–Kier alpha value is -1.70. The molecule has 0 amide bonds. The summed E-state index contributed by atoms with van der Waals surface area (Å²) in [6.45, 7) is 4.15. The quantitative estimate of drug-likeness (QED) is 0.814. The van der Waals surface area contributed by atoms with Crippen molar-refractivity contribution >= 4 is 0 Å². The molecule has 2 heteroatoms. The first kappa shape index (κ1) is 11.8. The van der Waals surface area contributed by atoms with Crippen molar-refractivity contribution < 1.29 is 10.2 Å². The van der Waals surface area contributed by atoms with Crippen molar-refractivity contribution in [3.05, 3.63) is 53.3 Å². The summed E-state index contributed by atoms with van der Waals surface area (Å²) in [5.74, 6) is 0.680. The first-order valence-corrected chi connectivity index (χ1v) is 5.85. The molecule has 1 atom stereocenters. The van der Waals surface area contributed by atoms with Crippen LogP contribution < -0.4 is 0 Å². The third-order valence-electron chi connectivity index (χ3n) is 3.26. The van der Waals surface area contributed by atoms with Crippen LogP contribution in [0.3, 0.4) is 0 Å². The lowest BCUT2D eigenvalue weighted by atomic mass is 9.78. The molecule has 0 aromatic heterocycles. The number of phenols is 1. The lowest BCUT2D eigenvalue weighted by molar-refractivity contribution is 0.374. The Morgan fingerprint density at radius 2 is 2.06 bits per heavy atom. The van der Waals surface area contributed by atoms with Gasteiger partial charge in [-0.05, 0) is 49.0 Å². The fourth-order valence-corrected chi connectivity index (χ4v) is 2.18. The summed E-state index contributed by atoms with van der Waals surface area (Å²) >= 11 is 0. The van der Waals surface area contributed by atoms with E-state index in [1.54, 1.807) is 12.1 Å². The summed E-state index contributed by atoms with van der Waals surface area (Å²) < 4.78 is 0. The summed E-state index contributed by atoms with van der Waals surface area (Å²) in [6.07, 6.45) is 7.15. The van der Waals surface area contributed by atoms with Crippen LogP contribution in [0.1, 0.15) is 24.5 Å². The summed E-state index contributed by atoms with van der Waals surface area (Å²) in [6, 6.07) is 5.67. The number of benzene rings is 1. The Morgan fingerprint density at radius 3 is 2.71 bits per heavy atom. The van der Waals surface area contributed by atoms with Gasteiger partial charge in [0.25, 0.3) is 0 Å². The molecule has 1 unspecified atom stereocenters. The van der Waals surface area contributed by atoms with Gasteiger partial charge in [-0.3, -0.25) is 0 Å². The maximum atomic E-state index is 9.84. The van der Waals surface area contributed by atoms with Gasteiger partial charge in [-0.1, -0.05) is 30.7 Å². The van der Waals surface area contributed by atoms with Crippen molar-refractivity contribution in [1.29, 1.82) is 0 Å². The maximum Gasteiger partial charge on any atom is 0.118 e. The highest BCUT2D eigenvalue weighted by Crippen LogP contribution is 2.35. The molecular formula is C15H18O2. The van der Waals surface area contributed by atoms with E-state index in [1.165, 1.54) is 0 Å². The largest absolute Gasteiger partial charge is 0.508 e. The van der Waals surface area contributed by atoms with E-state index in [1.807, 2.05) is 31.2 Å². The molecule has 17 heavy (non-hydrogen) atoms. The highest BCUT2D eigenvalue weighted by molar-refractivity contribution is 5.37. The molecule has 1 aliphatic carbocycles. The van der Waals surface area contributed by atoms with Crippen LogP contribution >= 0.6 is 0 Å². The van der Waals surface area contributed by atoms with E-state index >= 15 is 0 Å². The van der Waals surface area contributed by atoms with Crippen LogP contribution in [0.2, 0.25) is 0 Å². The Labute approximate surface area is 102 Å². The molecule has 2 rings (SSSR count). The van der Waals surface area contributed by atoms with E-state index in [2.05, 4.69) is 6.92 Å². The molecule has 1 aliphatic rings. The zero-order valence-corrected chi connectivity index (χ0v) is 10.3. The van der Waals surface area contributed by atoms with E-state index in [0.29, 0.717) is 11.5 Å². The average molecular weight is 230 g/mol. The van der Waals surface area contributed by atoms with E-state index in [4.69, 9.17) is 0 Å². The number of hydrogen-bond acceptors (Lipinski definition) is 2. The van der Waals surface area contributed by atoms with E-state index in [0.717, 1.165) is 24.0 Å². The van der Waals surface area contributed by atoms with E-state index in [9.17, 15) is 10.2 Å².